The number of hydrogen-bond donors (Lipinski definition) is 1. The number of anilines is 1. The molecule has 3 rings (SSSR count). The molecule has 25 heavy (non-hydrogen) atoms. The van der Waals surface area contributed by atoms with Crippen molar-refractivity contribution in [3.05, 3.63) is 41.5 Å². The molecule has 0 aliphatic heterocycles. The quantitative estimate of drug-likeness (QED) is 0.898. The minimum atomic E-state index is -0.281. The lowest BCUT2D eigenvalue weighted by atomic mass is 10.1. The number of nitrogens with one attached hydrogen (secondary N) is 1. The summed E-state index contributed by atoms with van der Waals surface area (Å²) in [6, 6.07) is 1.65. The first-order valence-corrected chi connectivity index (χ1v) is 8.51. The molecule has 0 radical (unpaired) electrons. The van der Waals surface area contributed by atoms with Gasteiger partial charge >= 0.3 is 0 Å². The average molecular weight is 341 g/mol. The van der Waals surface area contributed by atoms with Gasteiger partial charge in [0.2, 0.25) is 0 Å². The molecule has 6 heteroatoms. The Bertz CT molecular complexity index is 750. The second kappa shape index (κ2) is 7.51. The van der Waals surface area contributed by atoms with Crippen LogP contribution in [0.15, 0.2) is 24.7 Å². The molecule has 2 aromatic rings. The van der Waals surface area contributed by atoms with Gasteiger partial charge < -0.3 is 14.8 Å². The minimum Gasteiger partial charge on any atom is -0.491 e. The summed E-state index contributed by atoms with van der Waals surface area (Å²) in [7, 11) is 1.57. The van der Waals surface area contributed by atoms with Gasteiger partial charge in [0.15, 0.2) is 11.5 Å². The number of methoxy groups -OCH3 is 1. The number of aromatic nitrogens is 2. The van der Waals surface area contributed by atoms with Gasteiger partial charge in [0.25, 0.3) is 5.91 Å². The molecule has 1 fully saturated rings. The van der Waals surface area contributed by atoms with E-state index in [0.717, 1.165) is 29.7 Å². The number of carbonyl (C=O) groups excluding carboxylic acids is 1. The Morgan fingerprint density at radius 2 is 1.80 bits per heavy atom. The molecule has 0 aromatic carbocycles. The minimum absolute atomic E-state index is 0.178. The molecule has 0 unspecified atom stereocenters. The van der Waals surface area contributed by atoms with Gasteiger partial charge in [-0.3, -0.25) is 9.78 Å². The highest BCUT2D eigenvalue weighted by molar-refractivity contribution is 6.04. The Labute approximate surface area is 147 Å². The van der Waals surface area contributed by atoms with E-state index in [1.165, 1.54) is 19.0 Å². The molecular formula is C19H23N3O3. The third kappa shape index (κ3) is 3.90. The maximum atomic E-state index is 12.6. The molecular weight excluding hydrogens is 318 g/mol. The predicted octanol–water partition coefficient (Wildman–Crippen LogP) is 3.68. The fourth-order valence-corrected chi connectivity index (χ4v) is 3.06. The van der Waals surface area contributed by atoms with Gasteiger partial charge in [-0.15, -0.1) is 0 Å². The van der Waals surface area contributed by atoms with Crippen LogP contribution < -0.4 is 14.8 Å². The van der Waals surface area contributed by atoms with Gasteiger partial charge in [0, 0.05) is 24.1 Å². The van der Waals surface area contributed by atoms with Crippen LogP contribution in [0.2, 0.25) is 0 Å². The SMILES string of the molecule is COc1cnc(C(=O)Nc2c(C)cncc2C)cc1OC1CCCC1. The van der Waals surface area contributed by atoms with E-state index in [0.29, 0.717) is 17.2 Å². The van der Waals surface area contributed by atoms with Crippen molar-refractivity contribution < 1.29 is 14.3 Å². The molecule has 2 aromatic heterocycles. The van der Waals surface area contributed by atoms with Crippen molar-refractivity contribution in [1.29, 1.82) is 0 Å². The fraction of sp³-hybridized carbons (Fsp3) is 0.421. The predicted molar refractivity (Wildman–Crippen MR) is 95.3 cm³/mol. The zero-order valence-corrected chi connectivity index (χ0v) is 14.8. The van der Waals surface area contributed by atoms with E-state index in [1.54, 1.807) is 25.6 Å². The molecule has 0 bridgehead atoms. The molecule has 0 atom stereocenters. The van der Waals surface area contributed by atoms with Crippen molar-refractivity contribution in [2.45, 2.75) is 45.6 Å². The Morgan fingerprint density at radius 1 is 1.12 bits per heavy atom. The fourth-order valence-electron chi connectivity index (χ4n) is 3.06. The topological polar surface area (TPSA) is 73.3 Å². The number of aryl methyl sites for hydroxylation is 2. The van der Waals surface area contributed by atoms with Crippen LogP contribution in [0.1, 0.15) is 47.3 Å². The number of carbonyl (C=O) groups is 1. The first-order chi connectivity index (χ1) is 12.1. The zero-order valence-electron chi connectivity index (χ0n) is 14.8. The third-order valence-electron chi connectivity index (χ3n) is 4.44. The Balaban J connectivity index is 1.82. The van der Waals surface area contributed by atoms with Gasteiger partial charge in [-0.25, -0.2) is 4.98 Å². The molecule has 2 heterocycles. The summed E-state index contributed by atoms with van der Waals surface area (Å²) in [5, 5.41) is 2.92. The number of pyridine rings is 2. The lowest BCUT2D eigenvalue weighted by molar-refractivity contribution is 0.102. The van der Waals surface area contributed by atoms with Crippen molar-refractivity contribution in [2.75, 3.05) is 12.4 Å². The smallest absolute Gasteiger partial charge is 0.274 e. The Kier molecular flexibility index (Phi) is 5.16. The molecule has 1 amide bonds. The maximum absolute atomic E-state index is 12.6. The van der Waals surface area contributed by atoms with Crippen LogP contribution in [-0.4, -0.2) is 29.1 Å². The third-order valence-corrected chi connectivity index (χ3v) is 4.44. The summed E-state index contributed by atoms with van der Waals surface area (Å²) >= 11 is 0. The normalized spacial score (nSPS) is 14.4. The number of amides is 1. The van der Waals surface area contributed by atoms with Gasteiger partial charge in [-0.2, -0.15) is 0 Å². The van der Waals surface area contributed by atoms with E-state index in [9.17, 15) is 4.79 Å². The molecule has 6 nitrogen and oxygen atoms in total. The van der Waals surface area contributed by atoms with Crippen LogP contribution in [0, 0.1) is 13.8 Å². The van der Waals surface area contributed by atoms with E-state index >= 15 is 0 Å². The summed E-state index contributed by atoms with van der Waals surface area (Å²) in [5.41, 5.74) is 2.87. The number of rotatable bonds is 5. The van der Waals surface area contributed by atoms with Crippen molar-refractivity contribution in [2.24, 2.45) is 0 Å². The monoisotopic (exact) mass is 341 g/mol. The van der Waals surface area contributed by atoms with Crippen LogP contribution in [-0.2, 0) is 0 Å². The highest BCUT2D eigenvalue weighted by atomic mass is 16.5. The molecule has 132 valence electrons. The Morgan fingerprint density at radius 3 is 2.44 bits per heavy atom. The standard InChI is InChI=1S/C19H23N3O3/c1-12-9-20-10-13(2)18(12)22-19(23)15-8-16(17(24-3)11-21-15)25-14-6-4-5-7-14/h8-11,14H,4-7H2,1-3H3,(H,20,22,23). The first kappa shape index (κ1) is 17.2. The Hall–Kier alpha value is -2.63. The van der Waals surface area contributed by atoms with E-state index in [2.05, 4.69) is 15.3 Å². The van der Waals surface area contributed by atoms with Gasteiger partial charge in [0.1, 0.15) is 5.69 Å². The molecule has 0 spiro atoms. The number of nitrogens with zero attached hydrogens (tertiary/aromatic N) is 2. The number of hydrogen-bond acceptors (Lipinski definition) is 5. The molecule has 1 aliphatic rings. The van der Waals surface area contributed by atoms with Gasteiger partial charge in [0.05, 0.1) is 19.4 Å². The zero-order chi connectivity index (χ0) is 17.8. The van der Waals surface area contributed by atoms with Crippen molar-refractivity contribution in [1.82, 2.24) is 9.97 Å². The van der Waals surface area contributed by atoms with E-state index in [4.69, 9.17) is 9.47 Å². The van der Waals surface area contributed by atoms with Crippen LogP contribution >= 0.6 is 0 Å². The second-order valence-electron chi connectivity index (χ2n) is 6.35. The largest absolute Gasteiger partial charge is 0.491 e. The van der Waals surface area contributed by atoms with Crippen LogP contribution in [0.5, 0.6) is 11.5 Å². The molecule has 1 aliphatic carbocycles. The maximum Gasteiger partial charge on any atom is 0.274 e. The van der Waals surface area contributed by atoms with Crippen LogP contribution in [0.4, 0.5) is 5.69 Å². The molecule has 1 N–H and O–H groups in total. The highest BCUT2D eigenvalue weighted by Gasteiger charge is 2.20. The van der Waals surface area contributed by atoms with E-state index < -0.39 is 0 Å². The average Bonchev–Trinajstić information content (AvgIpc) is 3.11. The van der Waals surface area contributed by atoms with E-state index in [1.807, 2.05) is 13.8 Å². The van der Waals surface area contributed by atoms with Crippen LogP contribution in [0.25, 0.3) is 0 Å². The van der Waals surface area contributed by atoms with Gasteiger partial charge in [-0.1, -0.05) is 0 Å². The summed E-state index contributed by atoms with van der Waals surface area (Å²) in [4.78, 5) is 20.9. The van der Waals surface area contributed by atoms with E-state index in [-0.39, 0.29) is 12.0 Å². The summed E-state index contributed by atoms with van der Waals surface area (Å²) < 4.78 is 11.4. The second-order valence-corrected chi connectivity index (χ2v) is 6.35. The summed E-state index contributed by atoms with van der Waals surface area (Å²) in [6.45, 7) is 3.82. The number of ether oxygens (including phenoxy) is 2. The van der Waals surface area contributed by atoms with Crippen LogP contribution in [0.3, 0.4) is 0 Å². The first-order valence-electron chi connectivity index (χ1n) is 8.51. The van der Waals surface area contributed by atoms with Gasteiger partial charge in [-0.05, 0) is 50.7 Å². The van der Waals surface area contributed by atoms with Crippen molar-refractivity contribution in [3.63, 3.8) is 0 Å². The van der Waals surface area contributed by atoms with Crippen molar-refractivity contribution >= 4 is 11.6 Å². The van der Waals surface area contributed by atoms with Crippen molar-refractivity contribution in [3.8, 4) is 11.5 Å². The highest BCUT2D eigenvalue weighted by Crippen LogP contribution is 2.31. The lowest BCUT2D eigenvalue weighted by Crippen LogP contribution is -2.17. The molecule has 0 saturated heterocycles. The summed E-state index contributed by atoms with van der Waals surface area (Å²) in [6.07, 6.45) is 9.56. The summed E-state index contributed by atoms with van der Waals surface area (Å²) in [5.74, 6) is 0.828. The lowest BCUT2D eigenvalue weighted by Gasteiger charge is -2.16. The molecule has 1 saturated carbocycles.